The number of amides is 1. The van der Waals surface area contributed by atoms with Crippen LogP contribution in [0.2, 0.25) is 0 Å². The van der Waals surface area contributed by atoms with Crippen molar-refractivity contribution in [3.05, 3.63) is 29.3 Å². The summed E-state index contributed by atoms with van der Waals surface area (Å²) < 4.78 is 10.8. The molecule has 34 heavy (non-hydrogen) atoms. The number of hydrogen-bond acceptors (Lipinski definition) is 5. The minimum atomic E-state index is -0.221. The van der Waals surface area contributed by atoms with Gasteiger partial charge in [-0.1, -0.05) is 31.4 Å². The van der Waals surface area contributed by atoms with E-state index in [2.05, 4.69) is 15.9 Å². The van der Waals surface area contributed by atoms with Gasteiger partial charge in [0.25, 0.3) is 0 Å². The van der Waals surface area contributed by atoms with Crippen LogP contribution in [0.25, 0.3) is 0 Å². The monoisotopic (exact) mass is 537 g/mol. The summed E-state index contributed by atoms with van der Waals surface area (Å²) in [5.74, 6) is 0.936. The molecule has 4 rings (SSSR count). The van der Waals surface area contributed by atoms with Crippen LogP contribution >= 0.6 is 37.2 Å². The molecule has 1 heterocycles. The Labute approximate surface area is 223 Å². The van der Waals surface area contributed by atoms with Gasteiger partial charge in [-0.05, 0) is 49.3 Å². The van der Waals surface area contributed by atoms with Crippen molar-refractivity contribution in [2.75, 3.05) is 53.5 Å². The molecule has 1 saturated heterocycles. The lowest BCUT2D eigenvalue weighted by Gasteiger charge is -2.42. The first-order valence-electron chi connectivity index (χ1n) is 12.2. The van der Waals surface area contributed by atoms with Gasteiger partial charge in [0.15, 0.2) is 0 Å². The Hall–Kier alpha value is -0.920. The van der Waals surface area contributed by atoms with Crippen LogP contribution in [0.1, 0.15) is 62.1 Å². The number of rotatable bonds is 6. The first kappa shape index (κ1) is 31.1. The number of methoxy groups -OCH3 is 2. The third-order valence-electron chi connectivity index (χ3n) is 7.59. The molecule has 3 aliphatic rings. The standard InChI is InChI=1S/C25H39N3O3.3ClH/c1-30-24-13-7-10-21-22(24)11-6-12-23(21)28(25(29)31-2)19-16-26-14-17-27(18-15-26)20-8-4-3-5-9-20;;;/h7,10,13,20,23H,3-6,8-9,11-12,14-19H2,1-2H3;3*1H. The lowest BCUT2D eigenvalue weighted by molar-refractivity contribution is 0.0621. The number of carbonyl (C=O) groups is 1. The number of carbonyl (C=O) groups excluding carboxylic acids is 1. The van der Waals surface area contributed by atoms with Gasteiger partial charge >= 0.3 is 6.09 Å². The van der Waals surface area contributed by atoms with Crippen LogP contribution < -0.4 is 4.74 Å². The second kappa shape index (κ2) is 15.2. The van der Waals surface area contributed by atoms with E-state index in [9.17, 15) is 4.79 Å². The molecule has 0 radical (unpaired) electrons. The molecule has 1 atom stereocenters. The molecule has 1 aliphatic heterocycles. The van der Waals surface area contributed by atoms with Crippen LogP contribution in [0, 0.1) is 0 Å². The zero-order chi connectivity index (χ0) is 21.6. The lowest BCUT2D eigenvalue weighted by atomic mass is 9.86. The van der Waals surface area contributed by atoms with Gasteiger partial charge in [0.1, 0.15) is 5.75 Å². The number of nitrogens with zero attached hydrogens (tertiary/aromatic N) is 3. The number of piperazine rings is 1. The van der Waals surface area contributed by atoms with E-state index in [-0.39, 0.29) is 49.4 Å². The van der Waals surface area contributed by atoms with Crippen molar-refractivity contribution in [3.8, 4) is 5.75 Å². The summed E-state index contributed by atoms with van der Waals surface area (Å²) in [6.45, 7) is 6.13. The maximum Gasteiger partial charge on any atom is 0.410 e. The summed E-state index contributed by atoms with van der Waals surface area (Å²) in [7, 11) is 3.22. The first-order valence-corrected chi connectivity index (χ1v) is 12.2. The topological polar surface area (TPSA) is 45.2 Å². The Balaban J connectivity index is 0.00000193. The minimum absolute atomic E-state index is 0. The average molecular weight is 539 g/mol. The highest BCUT2D eigenvalue weighted by atomic mass is 35.5. The minimum Gasteiger partial charge on any atom is -0.496 e. The van der Waals surface area contributed by atoms with E-state index < -0.39 is 0 Å². The molecular formula is C25H42Cl3N3O3. The van der Waals surface area contributed by atoms with Crippen LogP contribution in [0.5, 0.6) is 5.75 Å². The number of hydrogen-bond donors (Lipinski definition) is 0. The molecule has 0 aromatic heterocycles. The van der Waals surface area contributed by atoms with Crippen LogP contribution in [0.3, 0.4) is 0 Å². The molecule has 1 aromatic carbocycles. The third-order valence-corrected chi connectivity index (χ3v) is 7.59. The van der Waals surface area contributed by atoms with Crippen molar-refractivity contribution in [1.82, 2.24) is 14.7 Å². The second-order valence-electron chi connectivity index (χ2n) is 9.27. The Bertz CT molecular complexity index is 741. The highest BCUT2D eigenvalue weighted by molar-refractivity contribution is 5.86. The Morgan fingerprint density at radius 3 is 2.32 bits per heavy atom. The molecule has 0 N–H and O–H groups in total. The molecule has 1 aromatic rings. The fourth-order valence-electron chi connectivity index (χ4n) is 5.84. The second-order valence-corrected chi connectivity index (χ2v) is 9.27. The molecule has 0 bridgehead atoms. The summed E-state index contributed by atoms with van der Waals surface area (Å²) in [5.41, 5.74) is 2.47. The van der Waals surface area contributed by atoms with Gasteiger partial charge in [-0.25, -0.2) is 4.79 Å². The molecule has 0 spiro atoms. The number of halogens is 3. The van der Waals surface area contributed by atoms with E-state index in [1.165, 1.54) is 50.3 Å². The normalized spacial score (nSPS) is 21.2. The summed E-state index contributed by atoms with van der Waals surface area (Å²) in [6, 6.07) is 7.08. The highest BCUT2D eigenvalue weighted by Crippen LogP contribution is 2.38. The largest absolute Gasteiger partial charge is 0.496 e. The smallest absolute Gasteiger partial charge is 0.410 e. The highest BCUT2D eigenvalue weighted by Gasteiger charge is 2.32. The van der Waals surface area contributed by atoms with E-state index in [0.29, 0.717) is 6.54 Å². The molecule has 9 heteroatoms. The van der Waals surface area contributed by atoms with E-state index >= 15 is 0 Å². The Morgan fingerprint density at radius 1 is 0.971 bits per heavy atom. The van der Waals surface area contributed by atoms with Gasteiger partial charge in [0, 0.05) is 45.3 Å². The Morgan fingerprint density at radius 2 is 1.68 bits per heavy atom. The third kappa shape index (κ3) is 7.30. The predicted molar refractivity (Wildman–Crippen MR) is 144 cm³/mol. The van der Waals surface area contributed by atoms with Crippen molar-refractivity contribution in [2.24, 2.45) is 0 Å². The van der Waals surface area contributed by atoms with Crippen LogP contribution in [0.4, 0.5) is 4.79 Å². The van der Waals surface area contributed by atoms with E-state index in [0.717, 1.165) is 63.8 Å². The maximum absolute atomic E-state index is 12.8. The maximum atomic E-state index is 12.8. The van der Waals surface area contributed by atoms with Gasteiger partial charge in [0.05, 0.1) is 20.3 Å². The lowest BCUT2D eigenvalue weighted by Crippen LogP contribution is -2.52. The van der Waals surface area contributed by atoms with Gasteiger partial charge in [-0.2, -0.15) is 0 Å². The molecule has 2 aliphatic carbocycles. The molecule has 196 valence electrons. The van der Waals surface area contributed by atoms with E-state index in [1.54, 1.807) is 7.11 Å². The number of benzene rings is 1. The summed E-state index contributed by atoms with van der Waals surface area (Å²) in [4.78, 5) is 19.9. The van der Waals surface area contributed by atoms with Crippen LogP contribution in [-0.4, -0.2) is 80.3 Å². The predicted octanol–water partition coefficient (Wildman–Crippen LogP) is 5.36. The van der Waals surface area contributed by atoms with Crippen molar-refractivity contribution < 1.29 is 14.3 Å². The summed E-state index contributed by atoms with van der Waals surface area (Å²) in [6.07, 6.45) is 9.78. The van der Waals surface area contributed by atoms with Crippen molar-refractivity contribution >= 4 is 43.3 Å². The zero-order valence-electron chi connectivity index (χ0n) is 20.6. The zero-order valence-corrected chi connectivity index (χ0v) is 23.0. The van der Waals surface area contributed by atoms with E-state index in [4.69, 9.17) is 9.47 Å². The molecule has 2 fully saturated rings. The van der Waals surface area contributed by atoms with Gasteiger partial charge < -0.3 is 9.47 Å². The molecule has 6 nitrogen and oxygen atoms in total. The number of ether oxygens (including phenoxy) is 2. The first-order chi connectivity index (χ1) is 15.2. The van der Waals surface area contributed by atoms with Crippen molar-refractivity contribution in [3.63, 3.8) is 0 Å². The van der Waals surface area contributed by atoms with Gasteiger partial charge in [0.2, 0.25) is 0 Å². The SMILES string of the molecule is COC(=O)N(CCN1CCN(C2CCCCC2)CC1)C1CCCc2c(OC)cccc21.Cl.Cl.Cl. The molecule has 1 amide bonds. The van der Waals surface area contributed by atoms with Gasteiger partial charge in [-0.3, -0.25) is 14.7 Å². The van der Waals surface area contributed by atoms with Crippen LogP contribution in [-0.2, 0) is 11.2 Å². The van der Waals surface area contributed by atoms with Crippen LogP contribution in [0.15, 0.2) is 18.2 Å². The molecule has 1 saturated carbocycles. The summed E-state index contributed by atoms with van der Waals surface area (Å²) >= 11 is 0. The van der Waals surface area contributed by atoms with Crippen molar-refractivity contribution in [2.45, 2.75) is 63.5 Å². The molecular weight excluding hydrogens is 497 g/mol. The fraction of sp³-hybridized carbons (Fsp3) is 0.720. The summed E-state index contributed by atoms with van der Waals surface area (Å²) in [5, 5.41) is 0. The Kier molecular flexibility index (Phi) is 14.0. The van der Waals surface area contributed by atoms with E-state index in [1.807, 2.05) is 17.0 Å². The quantitative estimate of drug-likeness (QED) is 0.488. The number of fused-ring (bicyclic) bond motifs is 1. The average Bonchev–Trinajstić information content (AvgIpc) is 2.84. The fourth-order valence-corrected chi connectivity index (χ4v) is 5.84. The molecule has 1 unspecified atom stereocenters. The van der Waals surface area contributed by atoms with Crippen molar-refractivity contribution in [1.29, 1.82) is 0 Å². The van der Waals surface area contributed by atoms with Gasteiger partial charge in [-0.15, -0.1) is 37.2 Å².